The first kappa shape index (κ1) is 7.84. The maximum Gasteiger partial charge on any atom is 0.0448 e. The molecule has 2 rings (SSSR count). The maximum absolute atomic E-state index is 1.56. The molecule has 0 aliphatic heterocycles. The van der Waals surface area contributed by atoms with E-state index >= 15 is 0 Å². The molecule has 11 heavy (non-hydrogen) atoms. The minimum atomic E-state index is 1.16. The van der Waals surface area contributed by atoms with Crippen LogP contribution in [0.4, 0.5) is 0 Å². The summed E-state index contributed by atoms with van der Waals surface area (Å²) in [5.74, 6) is 0. The van der Waals surface area contributed by atoms with Crippen molar-refractivity contribution in [3.8, 4) is 0 Å². The molecule has 0 atom stereocenters. The first-order valence-corrected chi connectivity index (χ1v) is 6.37. The van der Waals surface area contributed by atoms with Crippen molar-refractivity contribution >= 4 is 9.52 Å². The van der Waals surface area contributed by atoms with Gasteiger partial charge in [0.25, 0.3) is 0 Å². The van der Waals surface area contributed by atoms with E-state index in [-0.39, 0.29) is 0 Å². The highest BCUT2D eigenvalue weighted by Crippen LogP contribution is 2.37. The minimum Gasteiger partial charge on any atom is -0.0533 e. The largest absolute Gasteiger partial charge is 0.0533 e. The van der Waals surface area contributed by atoms with Crippen LogP contribution in [0.25, 0.3) is 0 Å². The molecule has 0 nitrogen and oxygen atoms in total. The summed E-state index contributed by atoms with van der Waals surface area (Å²) >= 11 is 0. The Kier molecular flexibility index (Phi) is 2.67. The van der Waals surface area contributed by atoms with E-state index < -0.39 is 0 Å². The van der Waals surface area contributed by atoms with E-state index in [1.165, 1.54) is 35.2 Å². The van der Waals surface area contributed by atoms with Gasteiger partial charge in [-0.15, -0.1) is 0 Å². The van der Waals surface area contributed by atoms with Crippen molar-refractivity contribution < 1.29 is 0 Å². The third-order valence-electron chi connectivity index (χ3n) is 3.18. The van der Waals surface area contributed by atoms with E-state index in [0.717, 1.165) is 11.1 Å². The van der Waals surface area contributed by atoms with E-state index in [1.54, 1.807) is 25.7 Å². The van der Waals surface area contributed by atoms with Gasteiger partial charge in [0.15, 0.2) is 0 Å². The average Bonchev–Trinajstić information content (AvgIpc) is 2.60. The molecule has 0 aromatic carbocycles. The smallest absolute Gasteiger partial charge is 0.0448 e. The Labute approximate surface area is 72.6 Å². The molecule has 0 spiro atoms. The van der Waals surface area contributed by atoms with Crippen molar-refractivity contribution in [1.29, 1.82) is 0 Å². The molecule has 0 bridgehead atoms. The van der Waals surface area contributed by atoms with Crippen molar-refractivity contribution in [2.45, 2.75) is 62.4 Å². The highest BCUT2D eigenvalue weighted by Gasteiger charge is 2.23. The second kappa shape index (κ2) is 3.75. The summed E-state index contributed by atoms with van der Waals surface area (Å²) in [6.45, 7) is 0. The molecule has 0 aromatic heterocycles. The molecule has 0 heterocycles. The van der Waals surface area contributed by atoms with Crippen molar-refractivity contribution in [3.63, 3.8) is 0 Å². The molecule has 1 heteroatoms. The first-order valence-electron chi connectivity index (χ1n) is 5.21. The minimum absolute atomic E-state index is 1.16. The summed E-state index contributed by atoms with van der Waals surface area (Å²) in [6.07, 6.45) is 12.4. The number of hydrogen-bond acceptors (Lipinski definition) is 0. The fourth-order valence-corrected chi connectivity index (χ4v) is 4.67. The van der Waals surface area contributed by atoms with E-state index in [9.17, 15) is 0 Å². The van der Waals surface area contributed by atoms with Gasteiger partial charge in [0.05, 0.1) is 0 Å². The summed E-state index contributed by atoms with van der Waals surface area (Å²) < 4.78 is 0. The second-order valence-corrected chi connectivity index (χ2v) is 6.10. The van der Waals surface area contributed by atoms with Gasteiger partial charge in [-0.25, -0.2) is 0 Å². The molecule has 0 aromatic rings. The van der Waals surface area contributed by atoms with Crippen LogP contribution in [0.2, 0.25) is 11.1 Å². The van der Waals surface area contributed by atoms with Crippen LogP contribution in [0.5, 0.6) is 0 Å². The Bertz CT molecular complexity index is 96.0. The molecule has 0 saturated heterocycles. The van der Waals surface area contributed by atoms with Gasteiger partial charge in [0, 0.05) is 9.52 Å². The van der Waals surface area contributed by atoms with Gasteiger partial charge >= 0.3 is 0 Å². The third kappa shape index (κ3) is 2.08. The van der Waals surface area contributed by atoms with Crippen LogP contribution in [0.15, 0.2) is 0 Å². The summed E-state index contributed by atoms with van der Waals surface area (Å²) in [6, 6.07) is 0. The van der Waals surface area contributed by atoms with Crippen molar-refractivity contribution in [2.24, 2.45) is 0 Å². The Morgan fingerprint density at radius 1 is 0.636 bits per heavy atom. The standard InChI is InChI=1S/C10H18Si/c1-2-6-9(5-1)11-10-7-3-4-8-10/h9-10H,1-8H2. The summed E-state index contributed by atoms with van der Waals surface area (Å²) in [5, 5.41) is 0. The molecule has 62 valence electrons. The van der Waals surface area contributed by atoms with Gasteiger partial charge in [-0.2, -0.15) is 0 Å². The predicted molar refractivity (Wildman–Crippen MR) is 50.2 cm³/mol. The Morgan fingerprint density at radius 3 is 1.36 bits per heavy atom. The molecular weight excluding hydrogens is 148 g/mol. The first-order chi connectivity index (χ1) is 5.45. The average molecular weight is 166 g/mol. The molecule has 2 aliphatic rings. The molecule has 0 N–H and O–H groups in total. The highest BCUT2D eigenvalue weighted by molar-refractivity contribution is 6.39. The molecule has 0 unspecified atom stereocenters. The van der Waals surface area contributed by atoms with Gasteiger partial charge < -0.3 is 0 Å². The van der Waals surface area contributed by atoms with Crippen molar-refractivity contribution in [3.05, 3.63) is 0 Å². The lowest BCUT2D eigenvalue weighted by molar-refractivity contribution is 0.796. The van der Waals surface area contributed by atoms with E-state index in [0.29, 0.717) is 0 Å². The molecular formula is C10H18Si. The quantitative estimate of drug-likeness (QED) is 0.551. The Hall–Kier alpha value is 0.217. The molecule has 2 radical (unpaired) electrons. The normalized spacial score (nSPS) is 28.4. The van der Waals surface area contributed by atoms with Crippen LogP contribution in [0.1, 0.15) is 51.4 Å². The van der Waals surface area contributed by atoms with Crippen LogP contribution >= 0.6 is 0 Å². The van der Waals surface area contributed by atoms with E-state index in [4.69, 9.17) is 0 Å². The van der Waals surface area contributed by atoms with Gasteiger partial charge in [0.1, 0.15) is 0 Å². The lowest BCUT2D eigenvalue weighted by atomic mass is 10.3. The maximum atomic E-state index is 1.56. The molecule has 2 aliphatic carbocycles. The van der Waals surface area contributed by atoms with E-state index in [2.05, 4.69) is 0 Å². The van der Waals surface area contributed by atoms with Crippen LogP contribution in [0, 0.1) is 0 Å². The molecule has 2 saturated carbocycles. The highest BCUT2D eigenvalue weighted by atomic mass is 28.2. The zero-order valence-corrected chi connectivity index (χ0v) is 8.31. The fraction of sp³-hybridized carbons (Fsp3) is 1.00. The number of rotatable bonds is 2. The zero-order valence-electron chi connectivity index (χ0n) is 7.31. The lowest BCUT2D eigenvalue weighted by Crippen LogP contribution is -2.05. The third-order valence-corrected chi connectivity index (χ3v) is 5.28. The summed E-state index contributed by atoms with van der Waals surface area (Å²) in [5.41, 5.74) is 2.33. The van der Waals surface area contributed by atoms with Crippen molar-refractivity contribution in [1.82, 2.24) is 0 Å². The summed E-state index contributed by atoms with van der Waals surface area (Å²) in [7, 11) is 1.34. The number of hydrogen-bond donors (Lipinski definition) is 0. The van der Waals surface area contributed by atoms with Crippen LogP contribution in [0.3, 0.4) is 0 Å². The van der Waals surface area contributed by atoms with Crippen LogP contribution in [-0.2, 0) is 0 Å². The monoisotopic (exact) mass is 166 g/mol. The predicted octanol–water partition coefficient (Wildman–Crippen LogP) is 3.42. The lowest BCUT2D eigenvalue weighted by Gasteiger charge is -2.12. The van der Waals surface area contributed by atoms with Gasteiger partial charge in [-0.3, -0.25) is 0 Å². The topological polar surface area (TPSA) is 0 Å². The Balaban J connectivity index is 1.71. The molecule has 2 fully saturated rings. The fourth-order valence-electron chi connectivity index (χ4n) is 2.52. The van der Waals surface area contributed by atoms with Crippen LogP contribution in [-0.4, -0.2) is 9.52 Å². The second-order valence-electron chi connectivity index (χ2n) is 4.13. The summed E-state index contributed by atoms with van der Waals surface area (Å²) in [4.78, 5) is 0. The van der Waals surface area contributed by atoms with E-state index in [1.807, 2.05) is 0 Å². The van der Waals surface area contributed by atoms with Crippen molar-refractivity contribution in [2.75, 3.05) is 0 Å². The SMILES string of the molecule is C1CCC([Si]C2CCCC2)C1. The van der Waals surface area contributed by atoms with Gasteiger partial charge in [-0.05, 0) is 11.1 Å². The van der Waals surface area contributed by atoms with Gasteiger partial charge in [-0.1, -0.05) is 51.4 Å². The zero-order chi connectivity index (χ0) is 7.52. The molecule has 0 amide bonds. The van der Waals surface area contributed by atoms with Crippen LogP contribution < -0.4 is 0 Å². The Morgan fingerprint density at radius 2 is 1.00 bits per heavy atom. The van der Waals surface area contributed by atoms with Gasteiger partial charge in [0.2, 0.25) is 0 Å².